The molecule has 3 rings (SSSR count). The molecule has 1 aromatic heterocycles. The summed E-state index contributed by atoms with van der Waals surface area (Å²) in [6.45, 7) is 1.85. The number of thioether (sulfide) groups is 1. The van der Waals surface area contributed by atoms with Gasteiger partial charge >= 0.3 is 6.09 Å². The average molecular weight is 455 g/mol. The zero-order valence-corrected chi connectivity index (χ0v) is 16.9. The van der Waals surface area contributed by atoms with Crippen LogP contribution in [0.3, 0.4) is 0 Å². The Labute approximate surface area is 166 Å². The van der Waals surface area contributed by atoms with Crippen LogP contribution in [0.2, 0.25) is 5.02 Å². The lowest BCUT2D eigenvalue weighted by molar-refractivity contribution is 0.198. The Morgan fingerprint density at radius 1 is 1.35 bits per heavy atom. The molecular weight excluding hydrogens is 442 g/mol. The largest absolute Gasteiger partial charge is 0.463 e. The van der Waals surface area contributed by atoms with E-state index in [4.69, 9.17) is 11.6 Å². The zero-order valence-electron chi connectivity index (χ0n) is 13.7. The molecule has 26 heavy (non-hydrogen) atoms. The van der Waals surface area contributed by atoms with Gasteiger partial charge in [0.2, 0.25) is 0 Å². The van der Waals surface area contributed by atoms with Crippen LogP contribution in [0, 0.1) is 6.92 Å². The van der Waals surface area contributed by atoms with E-state index in [0.717, 1.165) is 15.2 Å². The highest BCUT2D eigenvalue weighted by Gasteiger charge is 2.23. The van der Waals surface area contributed by atoms with Crippen molar-refractivity contribution in [1.29, 1.82) is 0 Å². The number of benzene rings is 2. The van der Waals surface area contributed by atoms with Gasteiger partial charge in [-0.05, 0) is 65.0 Å². The van der Waals surface area contributed by atoms with Crippen LogP contribution in [-0.2, 0) is 0 Å². The van der Waals surface area contributed by atoms with Gasteiger partial charge in [0.1, 0.15) is 6.33 Å². The van der Waals surface area contributed by atoms with Crippen molar-refractivity contribution >= 4 is 62.0 Å². The van der Waals surface area contributed by atoms with Crippen molar-refractivity contribution in [2.75, 3.05) is 11.3 Å². The van der Waals surface area contributed by atoms with Gasteiger partial charge in [-0.25, -0.2) is 9.78 Å². The second kappa shape index (κ2) is 7.30. The molecule has 1 N–H and O–H groups in total. The SMILES string of the molecule is CSc1ccc(Cl)cc1N(C(=O)O)n1cnc2c(Br)cc(C)cc2c1=O. The predicted octanol–water partition coefficient (Wildman–Crippen LogP) is 4.79. The lowest BCUT2D eigenvalue weighted by Gasteiger charge is -2.23. The Morgan fingerprint density at radius 2 is 2.08 bits per heavy atom. The number of hydrogen-bond acceptors (Lipinski definition) is 4. The highest BCUT2D eigenvalue weighted by Crippen LogP contribution is 2.32. The molecule has 1 amide bonds. The topological polar surface area (TPSA) is 75.4 Å². The molecule has 0 radical (unpaired) electrons. The summed E-state index contributed by atoms with van der Waals surface area (Å²) in [6.07, 6.45) is 1.69. The number of nitrogens with zero attached hydrogens (tertiary/aromatic N) is 3. The molecule has 0 unspecified atom stereocenters. The van der Waals surface area contributed by atoms with Crippen LogP contribution in [0.1, 0.15) is 5.56 Å². The van der Waals surface area contributed by atoms with Crippen LogP contribution in [0.15, 0.2) is 50.8 Å². The summed E-state index contributed by atoms with van der Waals surface area (Å²) in [5.74, 6) is 0. The maximum absolute atomic E-state index is 13.0. The number of aromatic nitrogens is 2. The lowest BCUT2D eigenvalue weighted by atomic mass is 10.2. The first-order valence-corrected chi connectivity index (χ1v) is 9.77. The molecule has 3 aromatic rings. The van der Waals surface area contributed by atoms with E-state index in [1.807, 2.05) is 19.2 Å². The van der Waals surface area contributed by atoms with E-state index in [1.54, 1.807) is 18.2 Å². The summed E-state index contributed by atoms with van der Waals surface area (Å²) >= 11 is 10.8. The maximum Gasteiger partial charge on any atom is 0.431 e. The van der Waals surface area contributed by atoms with Crippen LogP contribution in [0.4, 0.5) is 10.5 Å². The Hall–Kier alpha value is -2.03. The van der Waals surface area contributed by atoms with Crippen LogP contribution in [0.5, 0.6) is 0 Å². The number of amides is 1. The van der Waals surface area contributed by atoms with Gasteiger partial charge in [0.15, 0.2) is 0 Å². The molecule has 0 aliphatic carbocycles. The molecule has 1 heterocycles. The van der Waals surface area contributed by atoms with E-state index in [-0.39, 0.29) is 5.69 Å². The lowest BCUT2D eigenvalue weighted by Crippen LogP contribution is -2.42. The first-order valence-electron chi connectivity index (χ1n) is 7.38. The minimum atomic E-state index is -1.32. The summed E-state index contributed by atoms with van der Waals surface area (Å²) in [5.41, 5.74) is 1.12. The molecule has 134 valence electrons. The normalized spacial score (nSPS) is 10.9. The molecule has 0 spiro atoms. The third-order valence-electron chi connectivity index (χ3n) is 3.71. The summed E-state index contributed by atoms with van der Waals surface area (Å²) in [7, 11) is 0. The Bertz CT molecular complexity index is 1090. The second-order valence-electron chi connectivity index (χ2n) is 5.45. The standard InChI is InChI=1S/C17H13BrClN3O3S/c1-9-5-11-15(12(18)6-9)20-8-21(16(11)23)22(17(24)25)13-7-10(19)3-4-14(13)26-2/h3-8H,1-2H3,(H,24,25). The van der Waals surface area contributed by atoms with E-state index in [1.165, 1.54) is 24.2 Å². The molecule has 0 saturated carbocycles. The van der Waals surface area contributed by atoms with Crippen molar-refractivity contribution in [2.24, 2.45) is 0 Å². The van der Waals surface area contributed by atoms with Crippen molar-refractivity contribution in [3.8, 4) is 0 Å². The minimum absolute atomic E-state index is 0.285. The number of anilines is 1. The average Bonchev–Trinajstić information content (AvgIpc) is 2.57. The molecule has 9 heteroatoms. The van der Waals surface area contributed by atoms with E-state index in [9.17, 15) is 14.7 Å². The predicted molar refractivity (Wildman–Crippen MR) is 108 cm³/mol. The van der Waals surface area contributed by atoms with E-state index >= 15 is 0 Å². The number of aryl methyl sites for hydroxylation is 1. The third-order valence-corrected chi connectivity index (χ3v) is 5.33. The van der Waals surface area contributed by atoms with Crippen molar-refractivity contribution in [3.63, 3.8) is 0 Å². The summed E-state index contributed by atoms with van der Waals surface area (Å²) in [5, 5.41) is 11.3. The quantitative estimate of drug-likeness (QED) is 0.576. The first-order chi connectivity index (χ1) is 12.3. The van der Waals surface area contributed by atoms with Crippen molar-refractivity contribution in [2.45, 2.75) is 11.8 Å². The number of hydrogen-bond donors (Lipinski definition) is 1. The van der Waals surface area contributed by atoms with Gasteiger partial charge in [0.25, 0.3) is 5.56 Å². The van der Waals surface area contributed by atoms with Gasteiger partial charge in [0.05, 0.1) is 16.6 Å². The highest BCUT2D eigenvalue weighted by atomic mass is 79.9. The van der Waals surface area contributed by atoms with E-state index in [2.05, 4.69) is 20.9 Å². The van der Waals surface area contributed by atoms with Crippen LogP contribution >= 0.6 is 39.3 Å². The van der Waals surface area contributed by atoms with Crippen molar-refractivity contribution in [1.82, 2.24) is 9.66 Å². The molecule has 0 fully saturated rings. The minimum Gasteiger partial charge on any atom is -0.463 e. The van der Waals surface area contributed by atoms with Crippen LogP contribution < -0.4 is 10.6 Å². The number of rotatable bonds is 3. The molecule has 2 aromatic carbocycles. The Kier molecular flexibility index (Phi) is 5.27. The van der Waals surface area contributed by atoms with Crippen LogP contribution in [-0.4, -0.2) is 27.1 Å². The van der Waals surface area contributed by atoms with Gasteiger partial charge in [-0.3, -0.25) is 4.79 Å². The smallest absolute Gasteiger partial charge is 0.431 e. The van der Waals surface area contributed by atoms with E-state index < -0.39 is 11.7 Å². The molecular formula is C17H13BrClN3O3S. The molecule has 0 saturated heterocycles. The Morgan fingerprint density at radius 3 is 2.73 bits per heavy atom. The fourth-order valence-electron chi connectivity index (χ4n) is 2.60. The second-order valence-corrected chi connectivity index (χ2v) is 7.59. The third kappa shape index (κ3) is 3.32. The first kappa shape index (κ1) is 18.8. The molecule has 0 bridgehead atoms. The molecule has 0 atom stereocenters. The molecule has 0 aliphatic heterocycles. The van der Waals surface area contributed by atoms with Gasteiger partial charge in [0, 0.05) is 14.4 Å². The highest BCUT2D eigenvalue weighted by molar-refractivity contribution is 9.10. The monoisotopic (exact) mass is 453 g/mol. The summed E-state index contributed by atoms with van der Waals surface area (Å²) in [6, 6.07) is 8.40. The molecule has 6 nitrogen and oxygen atoms in total. The van der Waals surface area contributed by atoms with E-state index in [0.29, 0.717) is 25.3 Å². The number of fused-ring (bicyclic) bond motifs is 1. The van der Waals surface area contributed by atoms with Gasteiger partial charge < -0.3 is 5.11 Å². The van der Waals surface area contributed by atoms with Gasteiger partial charge in [-0.1, -0.05) is 11.6 Å². The van der Waals surface area contributed by atoms with Crippen LogP contribution in [0.25, 0.3) is 10.9 Å². The summed E-state index contributed by atoms with van der Waals surface area (Å²) < 4.78 is 1.65. The fraction of sp³-hybridized carbons (Fsp3) is 0.118. The number of carboxylic acid groups (broad SMARTS) is 1. The maximum atomic E-state index is 13.0. The fourth-order valence-corrected chi connectivity index (χ4v) is 4.00. The molecule has 0 aliphatic rings. The van der Waals surface area contributed by atoms with Crippen molar-refractivity contribution in [3.05, 3.63) is 62.1 Å². The number of carbonyl (C=O) groups is 1. The van der Waals surface area contributed by atoms with Crippen molar-refractivity contribution < 1.29 is 9.90 Å². The van der Waals surface area contributed by atoms with Gasteiger partial charge in [-0.15, -0.1) is 11.8 Å². The number of halogens is 2. The Balaban J connectivity index is 2.32. The van der Waals surface area contributed by atoms with Gasteiger partial charge in [-0.2, -0.15) is 9.69 Å². The summed E-state index contributed by atoms with van der Waals surface area (Å²) in [4.78, 5) is 29.9. The zero-order chi connectivity index (χ0) is 19.0.